The van der Waals surface area contributed by atoms with Crippen molar-refractivity contribution in [3.8, 4) is 0 Å². The van der Waals surface area contributed by atoms with Crippen LogP contribution >= 0.6 is 0 Å². The minimum atomic E-state index is 0. The van der Waals surface area contributed by atoms with E-state index in [0.29, 0.717) is 0 Å². The molecule has 0 fully saturated rings. The van der Waals surface area contributed by atoms with Crippen LogP contribution in [0.15, 0.2) is 24.3 Å². The molecule has 2 heteroatoms. The fourth-order valence-corrected chi connectivity index (χ4v) is 0.518. The minimum Gasteiger partial charge on any atom is -0.400 e. The van der Waals surface area contributed by atoms with E-state index in [0.717, 1.165) is 11.3 Å². The van der Waals surface area contributed by atoms with Crippen LogP contribution in [-0.4, -0.2) is 0 Å². The van der Waals surface area contributed by atoms with Gasteiger partial charge in [-0.25, -0.2) is 0 Å². The molecule has 0 aliphatic carbocycles. The van der Waals surface area contributed by atoms with Gasteiger partial charge in [0.05, 0.1) is 0 Å². The Balaban J connectivity index is 0.000000640. The normalized spacial score (nSPS) is 8.00. The fraction of sp³-hybridized carbons (Fsp3) is 0. The predicted molar refractivity (Wildman–Crippen MR) is 35.3 cm³/mol. The van der Waals surface area contributed by atoms with Gasteiger partial charge >= 0.3 is 0 Å². The molecule has 1 nitrogen and oxygen atoms in total. The number of rotatable bonds is 0. The molecule has 0 aliphatic rings. The summed E-state index contributed by atoms with van der Waals surface area (Å²) in [5.41, 5.74) is 7.19. The molecule has 2 N–H and O–H groups in total. The molecule has 1 rings (SSSR count). The van der Waals surface area contributed by atoms with Crippen molar-refractivity contribution in [2.24, 2.45) is 0 Å². The largest absolute Gasteiger partial charge is 0.400 e. The van der Waals surface area contributed by atoms with Gasteiger partial charge in [-0.1, -0.05) is 12.1 Å². The Hall–Kier alpha value is -0.422. The van der Waals surface area contributed by atoms with Gasteiger partial charge in [-0.2, -0.15) is 24.6 Å². The Morgan fingerprint density at radius 2 is 1.56 bits per heavy atom. The second kappa shape index (κ2) is 3.57. The van der Waals surface area contributed by atoms with Crippen molar-refractivity contribution in [1.82, 2.24) is 0 Å². The predicted octanol–water partition coefficient (Wildman–Crippen LogP) is 1.45. The summed E-state index contributed by atoms with van der Waals surface area (Å²) in [6, 6.07) is 7.44. The van der Waals surface area contributed by atoms with Gasteiger partial charge in [-0.05, 0) is 0 Å². The Kier molecular flexibility index (Phi) is 3.41. The smallest absolute Gasteiger partial charge is 0.00678 e. The molecular formula is C7H8NW-. The van der Waals surface area contributed by atoms with E-state index in [9.17, 15) is 0 Å². The van der Waals surface area contributed by atoms with E-state index in [-0.39, 0.29) is 21.1 Å². The van der Waals surface area contributed by atoms with Crippen LogP contribution in [0.3, 0.4) is 0 Å². The first-order valence-electron chi connectivity index (χ1n) is 2.46. The Morgan fingerprint density at radius 3 is 1.89 bits per heavy atom. The maximum Gasteiger partial charge on any atom is 0.00678 e. The van der Waals surface area contributed by atoms with Gasteiger partial charge in [-0.3, -0.25) is 0 Å². The number of hydrogen-bond donors (Lipinski definition) is 1. The molecule has 9 heavy (non-hydrogen) atoms. The maximum atomic E-state index is 5.40. The summed E-state index contributed by atoms with van der Waals surface area (Å²) in [5, 5.41) is 0. The van der Waals surface area contributed by atoms with Gasteiger partial charge in [0.15, 0.2) is 0 Å². The van der Waals surface area contributed by atoms with Crippen LogP contribution in [0.25, 0.3) is 0 Å². The SMILES string of the molecule is [CH2-]c1ccc(N)cc1.[W]. The number of anilines is 1. The standard InChI is InChI=1S/C7H8N.W/c1-6-2-4-7(8)5-3-6;/h2-5H,1,8H2;/q-1;. The van der Waals surface area contributed by atoms with Gasteiger partial charge < -0.3 is 5.73 Å². The molecule has 1 aromatic rings. The topological polar surface area (TPSA) is 26.0 Å². The fourth-order valence-electron chi connectivity index (χ4n) is 0.518. The average molecular weight is 290 g/mol. The van der Waals surface area contributed by atoms with Crippen molar-refractivity contribution in [3.63, 3.8) is 0 Å². The third-order valence-corrected chi connectivity index (χ3v) is 0.980. The van der Waals surface area contributed by atoms with Crippen molar-refractivity contribution in [2.45, 2.75) is 0 Å². The van der Waals surface area contributed by atoms with Crippen molar-refractivity contribution in [3.05, 3.63) is 36.8 Å². The molecule has 1 aromatic carbocycles. The number of benzene rings is 1. The van der Waals surface area contributed by atoms with Gasteiger partial charge in [0.1, 0.15) is 0 Å². The van der Waals surface area contributed by atoms with Crippen LogP contribution in [0.4, 0.5) is 5.69 Å². The molecule has 0 saturated carbocycles. The van der Waals surface area contributed by atoms with Crippen LogP contribution in [0.5, 0.6) is 0 Å². The second-order valence-corrected chi connectivity index (χ2v) is 1.74. The first kappa shape index (κ1) is 8.58. The molecule has 0 unspecified atom stereocenters. The van der Waals surface area contributed by atoms with Gasteiger partial charge in [0.2, 0.25) is 0 Å². The van der Waals surface area contributed by atoms with Crippen LogP contribution in [0.2, 0.25) is 0 Å². The van der Waals surface area contributed by atoms with Crippen LogP contribution in [0, 0.1) is 6.92 Å². The zero-order valence-electron chi connectivity index (χ0n) is 5.00. The Bertz CT molecular complexity index is 148. The van der Waals surface area contributed by atoms with E-state index in [1.807, 2.05) is 24.3 Å². The van der Waals surface area contributed by atoms with Crippen molar-refractivity contribution >= 4 is 5.69 Å². The molecule has 0 saturated heterocycles. The zero-order chi connectivity index (χ0) is 5.98. The van der Waals surface area contributed by atoms with Crippen molar-refractivity contribution in [2.75, 3.05) is 5.73 Å². The maximum absolute atomic E-state index is 5.40. The summed E-state index contributed by atoms with van der Waals surface area (Å²) in [6.45, 7) is 3.71. The molecule has 0 heterocycles. The van der Waals surface area contributed by atoms with E-state index in [1.54, 1.807) is 0 Å². The molecule has 0 radical (unpaired) electrons. The monoisotopic (exact) mass is 290 g/mol. The molecule has 0 aliphatic heterocycles. The minimum absolute atomic E-state index is 0. The summed E-state index contributed by atoms with van der Waals surface area (Å²) in [4.78, 5) is 0. The van der Waals surface area contributed by atoms with E-state index in [4.69, 9.17) is 5.73 Å². The van der Waals surface area contributed by atoms with Gasteiger partial charge in [0, 0.05) is 26.8 Å². The van der Waals surface area contributed by atoms with E-state index < -0.39 is 0 Å². The molecule has 0 aromatic heterocycles. The summed E-state index contributed by atoms with van der Waals surface area (Å²) >= 11 is 0. The molecule has 0 bridgehead atoms. The molecular weight excluding hydrogens is 282 g/mol. The molecule has 0 atom stereocenters. The van der Waals surface area contributed by atoms with Crippen LogP contribution in [-0.2, 0) is 21.1 Å². The second-order valence-electron chi connectivity index (χ2n) is 1.74. The van der Waals surface area contributed by atoms with Crippen LogP contribution in [0.1, 0.15) is 5.56 Å². The van der Waals surface area contributed by atoms with Gasteiger partial charge in [0.25, 0.3) is 0 Å². The van der Waals surface area contributed by atoms with E-state index >= 15 is 0 Å². The van der Waals surface area contributed by atoms with Crippen LogP contribution < -0.4 is 5.73 Å². The quantitative estimate of drug-likeness (QED) is 0.568. The molecule has 48 valence electrons. The summed E-state index contributed by atoms with van der Waals surface area (Å²) in [5.74, 6) is 0. The van der Waals surface area contributed by atoms with Crippen molar-refractivity contribution < 1.29 is 21.1 Å². The third kappa shape index (κ3) is 2.57. The van der Waals surface area contributed by atoms with Crippen molar-refractivity contribution in [1.29, 1.82) is 0 Å². The van der Waals surface area contributed by atoms with E-state index in [1.165, 1.54) is 0 Å². The zero-order valence-corrected chi connectivity index (χ0v) is 7.94. The molecule has 0 spiro atoms. The third-order valence-electron chi connectivity index (χ3n) is 0.980. The number of hydrogen-bond acceptors (Lipinski definition) is 1. The summed E-state index contributed by atoms with van der Waals surface area (Å²) in [6.07, 6.45) is 0. The number of nitrogen functional groups attached to an aromatic ring is 1. The average Bonchev–Trinajstić information content (AvgIpc) is 1.77. The number of nitrogens with two attached hydrogens (primary N) is 1. The van der Waals surface area contributed by atoms with Gasteiger partial charge in [-0.15, -0.1) is 0 Å². The summed E-state index contributed by atoms with van der Waals surface area (Å²) < 4.78 is 0. The Labute approximate surface area is 69.5 Å². The van der Waals surface area contributed by atoms with E-state index in [2.05, 4.69) is 6.92 Å². The summed E-state index contributed by atoms with van der Waals surface area (Å²) in [7, 11) is 0. The first-order valence-corrected chi connectivity index (χ1v) is 2.46. The molecule has 0 amide bonds. The first-order chi connectivity index (χ1) is 3.79. The Morgan fingerprint density at radius 1 is 1.11 bits per heavy atom.